The van der Waals surface area contributed by atoms with Crippen LogP contribution in [0.3, 0.4) is 0 Å². The van der Waals surface area contributed by atoms with Crippen LogP contribution in [0, 0.1) is 6.92 Å². The van der Waals surface area contributed by atoms with E-state index in [-0.39, 0.29) is 18.9 Å². The third kappa shape index (κ3) is 6.74. The number of hydrogen-bond acceptors (Lipinski definition) is 3. The van der Waals surface area contributed by atoms with E-state index in [2.05, 4.69) is 34.6 Å². The minimum absolute atomic E-state index is 0. The molecule has 4 nitrogen and oxygen atoms in total. The van der Waals surface area contributed by atoms with Crippen LogP contribution >= 0.6 is 0 Å². The number of nitrogens with one attached hydrogen (secondary N) is 1. The number of nitrogens with zero attached hydrogens (tertiary/aromatic N) is 2. The number of anilines is 1. The first-order chi connectivity index (χ1) is 18.0. The zero-order chi connectivity index (χ0) is 27.4. The molecule has 1 saturated carbocycles. The number of rotatable bonds is 6. The van der Waals surface area contributed by atoms with E-state index in [0.717, 1.165) is 29.3 Å². The maximum Gasteiger partial charge on any atom is 0.270 e. The van der Waals surface area contributed by atoms with Crippen molar-refractivity contribution in [2.45, 2.75) is 51.5 Å². The number of carbonyl (C=O) groups is 1. The second-order valence-corrected chi connectivity index (χ2v) is 10.3. The molecule has 1 unspecified atom stereocenters. The molecule has 4 aromatic rings. The molecule has 1 amide bonds. The number of benzene rings is 3. The molecule has 5 rings (SSSR count). The lowest BCUT2D eigenvalue weighted by atomic mass is 9.99. The van der Waals surface area contributed by atoms with Crippen molar-refractivity contribution >= 4 is 22.4 Å². The lowest BCUT2D eigenvalue weighted by molar-refractivity contribution is 0.0174. The standard InChI is InChI=1S/C23H25N3O.C9H10F2.H2/c1-15(22-14-19(26(2)3)11-12-24-22)25-23(27)18-9-10-21-17(13-18)5-4-6-20(21)16-7-8-16;1-7-3-5-8(6-4-7)9(2,10)11;/h4-6,9-16H,7-8H2,1-3H3,(H,25,27);3-6H,1-2H3;1H. The number of fused-ring (bicyclic) bond motifs is 1. The van der Waals surface area contributed by atoms with Crippen LogP contribution in [0.15, 0.2) is 79.0 Å². The molecule has 0 bridgehead atoms. The molecular weight excluding hydrogens is 480 g/mol. The molecule has 38 heavy (non-hydrogen) atoms. The second kappa shape index (κ2) is 11.3. The summed E-state index contributed by atoms with van der Waals surface area (Å²) in [6.07, 6.45) is 4.33. The van der Waals surface area contributed by atoms with Crippen molar-refractivity contribution in [3.05, 3.63) is 107 Å². The van der Waals surface area contributed by atoms with Crippen LogP contribution in [0.1, 0.15) is 72.8 Å². The lowest BCUT2D eigenvalue weighted by Crippen LogP contribution is -2.27. The highest BCUT2D eigenvalue weighted by atomic mass is 19.3. The molecule has 3 aromatic carbocycles. The Kier molecular flexibility index (Phi) is 8.10. The molecule has 1 heterocycles. The van der Waals surface area contributed by atoms with Crippen LogP contribution in [-0.2, 0) is 5.92 Å². The van der Waals surface area contributed by atoms with Gasteiger partial charge in [0.2, 0.25) is 0 Å². The summed E-state index contributed by atoms with van der Waals surface area (Å²) in [7, 11) is 3.99. The Balaban J connectivity index is 0.000000297. The van der Waals surface area contributed by atoms with Crippen LogP contribution in [0.2, 0.25) is 0 Å². The average Bonchev–Trinajstić information content (AvgIpc) is 3.73. The number of aryl methyl sites for hydroxylation is 1. The Morgan fingerprint density at radius 1 is 1.05 bits per heavy atom. The summed E-state index contributed by atoms with van der Waals surface area (Å²) in [5, 5.41) is 5.47. The SMILES string of the molecule is CC(NC(=O)c1ccc2c(C3CC3)cccc2c1)c1cc(N(C)C)ccn1.Cc1ccc(C(C)(F)F)cc1.[HH]. The molecule has 1 aliphatic rings. The van der Waals surface area contributed by atoms with Crippen molar-refractivity contribution in [3.8, 4) is 0 Å². The Labute approximate surface area is 225 Å². The van der Waals surface area contributed by atoms with Crippen molar-refractivity contribution in [2.75, 3.05) is 19.0 Å². The number of alkyl halides is 2. The van der Waals surface area contributed by atoms with Gasteiger partial charge in [0.25, 0.3) is 11.8 Å². The summed E-state index contributed by atoms with van der Waals surface area (Å²) in [5.41, 5.74) is 5.09. The number of halogens is 2. The number of pyridine rings is 1. The first-order valence-electron chi connectivity index (χ1n) is 12.9. The summed E-state index contributed by atoms with van der Waals surface area (Å²) < 4.78 is 25.2. The molecule has 0 aliphatic heterocycles. The van der Waals surface area contributed by atoms with Crippen molar-refractivity contribution in [2.24, 2.45) is 0 Å². The van der Waals surface area contributed by atoms with Crippen LogP contribution in [-0.4, -0.2) is 25.0 Å². The molecule has 6 heteroatoms. The van der Waals surface area contributed by atoms with Crippen molar-refractivity contribution in [1.29, 1.82) is 0 Å². The fraction of sp³-hybridized carbons (Fsp3) is 0.312. The van der Waals surface area contributed by atoms with Gasteiger partial charge in [-0.25, -0.2) is 8.78 Å². The Hall–Kier alpha value is -3.80. The summed E-state index contributed by atoms with van der Waals surface area (Å²) in [4.78, 5) is 19.2. The van der Waals surface area contributed by atoms with Crippen molar-refractivity contribution in [1.82, 2.24) is 10.3 Å². The van der Waals surface area contributed by atoms with E-state index in [4.69, 9.17) is 0 Å². The maximum atomic E-state index is 12.8. The predicted molar refractivity (Wildman–Crippen MR) is 153 cm³/mol. The first-order valence-corrected chi connectivity index (χ1v) is 12.9. The fourth-order valence-corrected chi connectivity index (χ4v) is 4.35. The van der Waals surface area contributed by atoms with Gasteiger partial charge >= 0.3 is 0 Å². The molecule has 0 saturated heterocycles. The van der Waals surface area contributed by atoms with Gasteiger partial charge in [0, 0.05) is 45.5 Å². The zero-order valence-electron chi connectivity index (χ0n) is 22.6. The monoisotopic (exact) mass is 517 g/mol. The second-order valence-electron chi connectivity index (χ2n) is 10.3. The van der Waals surface area contributed by atoms with Crippen LogP contribution < -0.4 is 10.2 Å². The van der Waals surface area contributed by atoms with E-state index in [9.17, 15) is 13.6 Å². The van der Waals surface area contributed by atoms with Crippen LogP contribution in [0.4, 0.5) is 14.5 Å². The molecule has 1 N–H and O–H groups in total. The molecule has 0 spiro atoms. The average molecular weight is 518 g/mol. The quantitative estimate of drug-likeness (QED) is 0.282. The van der Waals surface area contributed by atoms with Gasteiger partial charge < -0.3 is 10.2 Å². The van der Waals surface area contributed by atoms with E-state index in [1.165, 1.54) is 35.9 Å². The highest BCUT2D eigenvalue weighted by Gasteiger charge is 2.25. The minimum atomic E-state index is -2.71. The minimum Gasteiger partial charge on any atom is -0.378 e. The third-order valence-electron chi connectivity index (χ3n) is 6.82. The van der Waals surface area contributed by atoms with Gasteiger partial charge in [0.15, 0.2) is 0 Å². The van der Waals surface area contributed by atoms with Gasteiger partial charge in [0.05, 0.1) is 11.7 Å². The molecule has 1 aliphatic carbocycles. The normalized spacial score (nSPS) is 13.9. The first kappa shape index (κ1) is 27.2. The zero-order valence-corrected chi connectivity index (χ0v) is 22.6. The smallest absolute Gasteiger partial charge is 0.270 e. The van der Waals surface area contributed by atoms with Crippen molar-refractivity contribution in [3.63, 3.8) is 0 Å². The van der Waals surface area contributed by atoms with E-state index in [1.807, 2.05) is 57.1 Å². The Morgan fingerprint density at radius 2 is 1.76 bits per heavy atom. The summed E-state index contributed by atoms with van der Waals surface area (Å²) in [6, 6.07) is 22.5. The summed E-state index contributed by atoms with van der Waals surface area (Å²) >= 11 is 0. The van der Waals surface area contributed by atoms with E-state index in [1.54, 1.807) is 18.3 Å². The molecule has 1 aromatic heterocycles. The topological polar surface area (TPSA) is 45.2 Å². The summed E-state index contributed by atoms with van der Waals surface area (Å²) in [6.45, 7) is 4.74. The fourth-order valence-electron chi connectivity index (χ4n) is 4.35. The number of aromatic nitrogens is 1. The van der Waals surface area contributed by atoms with Crippen LogP contribution in [0.25, 0.3) is 10.8 Å². The highest BCUT2D eigenvalue weighted by molar-refractivity contribution is 5.99. The molecule has 1 fully saturated rings. The lowest BCUT2D eigenvalue weighted by Gasteiger charge is -2.17. The highest BCUT2D eigenvalue weighted by Crippen LogP contribution is 2.43. The predicted octanol–water partition coefficient (Wildman–Crippen LogP) is 8.02. The van der Waals surface area contributed by atoms with Gasteiger partial charge in [-0.2, -0.15) is 0 Å². The number of carbonyl (C=O) groups excluding carboxylic acids is 1. The maximum absolute atomic E-state index is 12.8. The molecule has 200 valence electrons. The molecular formula is C32H37F2N3O. The van der Waals surface area contributed by atoms with Crippen molar-refractivity contribution < 1.29 is 15.0 Å². The largest absolute Gasteiger partial charge is 0.378 e. The van der Waals surface area contributed by atoms with Gasteiger partial charge in [-0.05, 0) is 73.2 Å². The van der Waals surface area contributed by atoms with Crippen LogP contribution in [0.5, 0.6) is 0 Å². The number of amides is 1. The molecule has 1 atom stereocenters. The van der Waals surface area contributed by atoms with E-state index < -0.39 is 5.92 Å². The summed E-state index contributed by atoms with van der Waals surface area (Å²) in [5.74, 6) is -2.09. The molecule has 0 radical (unpaired) electrons. The van der Waals surface area contributed by atoms with Gasteiger partial charge in [0.1, 0.15) is 0 Å². The van der Waals surface area contributed by atoms with Gasteiger partial charge in [-0.1, -0.05) is 54.1 Å². The Bertz CT molecular complexity index is 1410. The van der Waals surface area contributed by atoms with E-state index >= 15 is 0 Å². The van der Waals surface area contributed by atoms with Gasteiger partial charge in [-0.15, -0.1) is 0 Å². The van der Waals surface area contributed by atoms with E-state index in [0.29, 0.717) is 11.5 Å². The van der Waals surface area contributed by atoms with Gasteiger partial charge in [-0.3, -0.25) is 9.78 Å². The third-order valence-corrected chi connectivity index (χ3v) is 6.82. The Morgan fingerprint density at radius 3 is 2.39 bits per heavy atom. The number of hydrogen-bond donors (Lipinski definition) is 1.